The number of carbonyl (C=O) groups excluding carboxylic acids is 1. The van der Waals surface area contributed by atoms with Crippen LogP contribution < -0.4 is 4.90 Å². The summed E-state index contributed by atoms with van der Waals surface area (Å²) in [6, 6.07) is 18.9. The van der Waals surface area contributed by atoms with Gasteiger partial charge in [-0.25, -0.2) is 8.78 Å². The van der Waals surface area contributed by atoms with E-state index in [0.29, 0.717) is 12.1 Å². The van der Waals surface area contributed by atoms with Gasteiger partial charge in [0, 0.05) is 29.8 Å². The van der Waals surface area contributed by atoms with E-state index in [9.17, 15) is 13.6 Å². The van der Waals surface area contributed by atoms with E-state index in [1.54, 1.807) is 24.3 Å². The van der Waals surface area contributed by atoms with E-state index in [2.05, 4.69) is 17.9 Å². The number of hydrogen-bond donors (Lipinski definition) is 0. The minimum Gasteiger partial charge on any atom is -0.307 e. The summed E-state index contributed by atoms with van der Waals surface area (Å²) in [4.78, 5) is 17.6. The summed E-state index contributed by atoms with van der Waals surface area (Å²) >= 11 is 0. The Labute approximate surface area is 187 Å². The zero-order valence-electron chi connectivity index (χ0n) is 18.2. The molecule has 0 saturated carbocycles. The smallest absolute Gasteiger partial charge is 0.258 e. The van der Waals surface area contributed by atoms with Crippen LogP contribution in [0.25, 0.3) is 0 Å². The van der Waals surface area contributed by atoms with Crippen molar-refractivity contribution in [2.75, 3.05) is 24.5 Å². The molecule has 0 aliphatic carbocycles. The highest BCUT2D eigenvalue weighted by atomic mass is 19.1. The molecule has 0 radical (unpaired) electrons. The van der Waals surface area contributed by atoms with Gasteiger partial charge < -0.3 is 4.90 Å². The van der Waals surface area contributed by atoms with Crippen molar-refractivity contribution in [3.63, 3.8) is 0 Å². The lowest BCUT2D eigenvalue weighted by atomic mass is 9.74. The molecule has 1 fully saturated rings. The molecular weight excluding hydrogens is 406 g/mol. The molecule has 2 aliphatic rings. The van der Waals surface area contributed by atoms with Crippen LogP contribution in [0, 0.1) is 18.6 Å². The van der Waals surface area contributed by atoms with Crippen molar-refractivity contribution < 1.29 is 13.6 Å². The van der Waals surface area contributed by atoms with Crippen molar-refractivity contribution in [1.29, 1.82) is 0 Å². The van der Waals surface area contributed by atoms with Crippen LogP contribution in [0.5, 0.6) is 0 Å². The molecule has 3 nitrogen and oxygen atoms in total. The van der Waals surface area contributed by atoms with E-state index >= 15 is 0 Å². The Balaban J connectivity index is 1.38. The molecule has 5 heteroatoms. The van der Waals surface area contributed by atoms with Crippen LogP contribution in [0.2, 0.25) is 0 Å². The summed E-state index contributed by atoms with van der Waals surface area (Å²) in [6.07, 6.45) is 1.87. The quantitative estimate of drug-likeness (QED) is 0.548. The van der Waals surface area contributed by atoms with Crippen molar-refractivity contribution in [3.05, 3.63) is 101 Å². The topological polar surface area (TPSA) is 23.6 Å². The second-order valence-electron chi connectivity index (χ2n) is 9.11. The van der Waals surface area contributed by atoms with Gasteiger partial charge in [0.2, 0.25) is 0 Å². The number of rotatable bonds is 3. The lowest BCUT2D eigenvalue weighted by Crippen LogP contribution is -2.45. The number of benzene rings is 3. The van der Waals surface area contributed by atoms with Crippen LogP contribution in [0.3, 0.4) is 0 Å². The highest BCUT2D eigenvalue weighted by molar-refractivity contribution is 6.07. The summed E-state index contributed by atoms with van der Waals surface area (Å²) in [5.74, 6) is -0.638. The Bertz CT molecular complexity index is 1150. The maximum atomic E-state index is 13.6. The number of hydrogen-bond acceptors (Lipinski definition) is 2. The average Bonchev–Trinajstić information content (AvgIpc) is 3.09. The maximum Gasteiger partial charge on any atom is 0.258 e. The number of halogens is 2. The number of carbonyl (C=O) groups is 1. The minimum absolute atomic E-state index is 0.0878. The Morgan fingerprint density at radius 3 is 2.41 bits per heavy atom. The van der Waals surface area contributed by atoms with Gasteiger partial charge in [-0.3, -0.25) is 9.69 Å². The Kier molecular flexibility index (Phi) is 5.30. The number of piperidine rings is 1. The standard InChI is InChI=1S/C27H26F2N2O/c1-19-5-10-25-24(15-19)27(18-31(25)26(32)21-6-8-22(28)9-7-21)11-13-30(14-12-27)17-20-3-2-4-23(29)16-20/h2-10,15-16H,11-14,17-18H2,1H3. The normalized spacial score (nSPS) is 17.5. The molecule has 0 bridgehead atoms. The summed E-state index contributed by atoms with van der Waals surface area (Å²) in [7, 11) is 0. The van der Waals surface area contributed by atoms with Crippen molar-refractivity contribution in [3.8, 4) is 0 Å². The molecule has 32 heavy (non-hydrogen) atoms. The van der Waals surface area contributed by atoms with E-state index < -0.39 is 0 Å². The predicted octanol–water partition coefficient (Wildman–Crippen LogP) is 5.47. The van der Waals surface area contributed by atoms with Gasteiger partial charge in [0.1, 0.15) is 11.6 Å². The third kappa shape index (κ3) is 3.82. The van der Waals surface area contributed by atoms with E-state index in [-0.39, 0.29) is 23.0 Å². The first-order valence-electron chi connectivity index (χ1n) is 11.1. The SMILES string of the molecule is Cc1ccc2c(c1)C1(CCN(Cc3cccc(F)c3)CC1)CN2C(=O)c1ccc(F)cc1. The predicted molar refractivity (Wildman–Crippen MR) is 122 cm³/mol. The minimum atomic E-state index is -0.346. The zero-order chi connectivity index (χ0) is 22.3. The molecular formula is C27H26F2N2O. The first-order chi connectivity index (χ1) is 15.4. The Hall–Kier alpha value is -3.05. The molecule has 3 aromatic rings. The van der Waals surface area contributed by atoms with E-state index in [1.807, 2.05) is 23.1 Å². The fraction of sp³-hybridized carbons (Fsp3) is 0.296. The molecule has 1 amide bonds. The average molecular weight is 433 g/mol. The van der Waals surface area contributed by atoms with Gasteiger partial charge in [-0.05, 0) is 86.4 Å². The molecule has 0 atom stereocenters. The molecule has 5 rings (SSSR count). The van der Waals surface area contributed by atoms with Crippen LogP contribution in [-0.2, 0) is 12.0 Å². The fourth-order valence-electron chi connectivity index (χ4n) is 5.17. The first-order valence-corrected chi connectivity index (χ1v) is 11.1. The van der Waals surface area contributed by atoms with Gasteiger partial charge in [-0.15, -0.1) is 0 Å². The van der Waals surface area contributed by atoms with E-state index in [0.717, 1.165) is 43.7 Å². The number of anilines is 1. The van der Waals surface area contributed by atoms with Crippen molar-refractivity contribution in [1.82, 2.24) is 4.90 Å². The third-order valence-corrected chi connectivity index (χ3v) is 6.92. The van der Waals surface area contributed by atoms with E-state index in [4.69, 9.17) is 0 Å². The number of likely N-dealkylation sites (tertiary alicyclic amines) is 1. The fourth-order valence-corrected chi connectivity index (χ4v) is 5.17. The highest BCUT2D eigenvalue weighted by Gasteiger charge is 2.46. The van der Waals surface area contributed by atoms with E-state index in [1.165, 1.54) is 29.3 Å². The lowest BCUT2D eigenvalue weighted by Gasteiger charge is -2.40. The number of fused-ring (bicyclic) bond motifs is 2. The molecule has 2 heterocycles. The van der Waals surface area contributed by atoms with Crippen molar-refractivity contribution >= 4 is 11.6 Å². The maximum absolute atomic E-state index is 13.6. The Morgan fingerprint density at radius 2 is 1.69 bits per heavy atom. The van der Waals surface area contributed by atoms with Gasteiger partial charge in [-0.1, -0.05) is 29.8 Å². The largest absolute Gasteiger partial charge is 0.307 e. The summed E-state index contributed by atoms with van der Waals surface area (Å²) in [5, 5.41) is 0. The van der Waals surface area contributed by atoms with Crippen molar-refractivity contribution in [2.24, 2.45) is 0 Å². The molecule has 0 unspecified atom stereocenters. The molecule has 0 aromatic heterocycles. The lowest BCUT2D eigenvalue weighted by molar-refractivity contribution is 0.0975. The zero-order valence-corrected chi connectivity index (χ0v) is 18.2. The molecule has 1 saturated heterocycles. The molecule has 2 aliphatic heterocycles. The third-order valence-electron chi connectivity index (χ3n) is 6.92. The van der Waals surface area contributed by atoms with Gasteiger partial charge >= 0.3 is 0 Å². The number of aryl methyl sites for hydroxylation is 1. The molecule has 0 N–H and O–H groups in total. The van der Waals surface area contributed by atoms with Crippen LogP contribution in [0.4, 0.5) is 14.5 Å². The van der Waals surface area contributed by atoms with Gasteiger partial charge in [-0.2, -0.15) is 0 Å². The molecule has 3 aromatic carbocycles. The first kappa shape index (κ1) is 20.8. The summed E-state index contributed by atoms with van der Waals surface area (Å²) < 4.78 is 26.9. The summed E-state index contributed by atoms with van der Waals surface area (Å²) in [5.41, 5.74) is 4.77. The van der Waals surface area contributed by atoms with Crippen LogP contribution >= 0.6 is 0 Å². The monoisotopic (exact) mass is 432 g/mol. The second-order valence-corrected chi connectivity index (χ2v) is 9.11. The van der Waals surface area contributed by atoms with Crippen LogP contribution in [0.1, 0.15) is 39.9 Å². The van der Waals surface area contributed by atoms with Crippen molar-refractivity contribution in [2.45, 2.75) is 31.7 Å². The Morgan fingerprint density at radius 1 is 0.938 bits per heavy atom. The van der Waals surface area contributed by atoms with Gasteiger partial charge in [0.05, 0.1) is 0 Å². The van der Waals surface area contributed by atoms with Crippen LogP contribution in [-0.4, -0.2) is 30.4 Å². The number of nitrogens with zero attached hydrogens (tertiary/aromatic N) is 2. The van der Waals surface area contributed by atoms with Gasteiger partial charge in [0.15, 0.2) is 0 Å². The second kappa shape index (κ2) is 8.14. The van der Waals surface area contributed by atoms with Crippen LogP contribution in [0.15, 0.2) is 66.7 Å². The van der Waals surface area contributed by atoms with Gasteiger partial charge in [0.25, 0.3) is 5.91 Å². The number of amides is 1. The highest BCUT2D eigenvalue weighted by Crippen LogP contribution is 2.48. The summed E-state index contributed by atoms with van der Waals surface area (Å²) in [6.45, 7) is 5.23. The molecule has 1 spiro atoms. The molecule has 164 valence electrons.